The third-order valence-electron chi connectivity index (χ3n) is 4.38. The number of esters is 1. The molecule has 0 saturated carbocycles. The number of carbonyl (C=O) groups is 2. The van der Waals surface area contributed by atoms with E-state index in [0.717, 1.165) is 27.5 Å². The van der Waals surface area contributed by atoms with Crippen LogP contribution in [0.5, 0.6) is 11.5 Å². The number of likely N-dealkylation sites (N-methyl/N-ethyl adjacent to an activating group) is 1. The predicted octanol–water partition coefficient (Wildman–Crippen LogP) is 1.45. The lowest BCUT2D eigenvalue weighted by atomic mass is 10.1. The number of methoxy groups -OCH3 is 3. The summed E-state index contributed by atoms with van der Waals surface area (Å²) in [4.78, 5) is 25.2. The number of amides is 1. The third-order valence-corrected chi connectivity index (χ3v) is 4.38. The Balaban J connectivity index is 2.02. The minimum Gasteiger partial charge on any atom is -0.497 e. The van der Waals surface area contributed by atoms with E-state index in [2.05, 4.69) is 5.32 Å². The highest BCUT2D eigenvalue weighted by molar-refractivity contribution is 5.95. The molecule has 0 heterocycles. The number of benzene rings is 2. The van der Waals surface area contributed by atoms with Crippen molar-refractivity contribution in [3.05, 3.63) is 53.1 Å². The van der Waals surface area contributed by atoms with E-state index >= 15 is 0 Å². The summed E-state index contributed by atoms with van der Waals surface area (Å²) < 4.78 is 15.4. The smallest absolute Gasteiger partial charge is 0.337 e. The summed E-state index contributed by atoms with van der Waals surface area (Å²) >= 11 is 0. The van der Waals surface area contributed by atoms with Crippen molar-refractivity contribution in [2.75, 3.05) is 40.2 Å². The lowest BCUT2D eigenvalue weighted by Crippen LogP contribution is -3.08. The number of anilines is 1. The van der Waals surface area contributed by atoms with Gasteiger partial charge in [0.15, 0.2) is 6.54 Å². The van der Waals surface area contributed by atoms with E-state index in [1.165, 1.54) is 7.11 Å². The molecule has 1 atom stereocenters. The number of quaternary nitrogens is 1. The number of hydrogen-bond donors (Lipinski definition) is 2. The second kappa shape index (κ2) is 9.75. The van der Waals surface area contributed by atoms with Crippen LogP contribution in [-0.4, -0.2) is 46.8 Å². The SMILES string of the molecule is COC(=O)c1ccc(C)c(NC(=O)C[NH+](C)Cc2ccc(OC)cc2OC)c1. The molecule has 0 fully saturated rings. The van der Waals surface area contributed by atoms with Gasteiger partial charge in [-0.15, -0.1) is 0 Å². The fraction of sp³-hybridized carbons (Fsp3) is 0.333. The first-order chi connectivity index (χ1) is 13.4. The van der Waals surface area contributed by atoms with Gasteiger partial charge >= 0.3 is 5.97 Å². The Morgan fingerprint density at radius 1 is 1.04 bits per heavy atom. The number of nitrogens with one attached hydrogen (secondary N) is 2. The molecule has 0 bridgehead atoms. The van der Waals surface area contributed by atoms with Gasteiger partial charge in [0.05, 0.1) is 33.9 Å². The number of aryl methyl sites for hydroxylation is 1. The zero-order valence-corrected chi connectivity index (χ0v) is 16.9. The molecular weight excluding hydrogens is 360 g/mol. The molecule has 28 heavy (non-hydrogen) atoms. The Morgan fingerprint density at radius 2 is 1.79 bits per heavy atom. The standard InChI is InChI=1S/C21H26N2O5/c1-14-6-7-15(21(25)28-5)10-18(14)22-20(24)13-23(2)12-16-8-9-17(26-3)11-19(16)27-4/h6-11H,12-13H2,1-5H3,(H,22,24)/p+1. The molecule has 0 radical (unpaired) electrons. The van der Waals surface area contributed by atoms with Crippen LogP contribution in [0.25, 0.3) is 0 Å². The highest BCUT2D eigenvalue weighted by atomic mass is 16.5. The second-order valence-electron chi connectivity index (χ2n) is 6.56. The zero-order chi connectivity index (χ0) is 20.7. The molecule has 1 unspecified atom stereocenters. The van der Waals surface area contributed by atoms with Crippen LogP contribution in [0.1, 0.15) is 21.5 Å². The van der Waals surface area contributed by atoms with E-state index in [4.69, 9.17) is 14.2 Å². The monoisotopic (exact) mass is 387 g/mol. The Hall–Kier alpha value is -3.06. The van der Waals surface area contributed by atoms with Crippen molar-refractivity contribution < 1.29 is 28.7 Å². The van der Waals surface area contributed by atoms with Gasteiger partial charge in [-0.25, -0.2) is 4.79 Å². The first kappa shape index (κ1) is 21.2. The van der Waals surface area contributed by atoms with E-state index in [1.807, 2.05) is 32.2 Å². The van der Waals surface area contributed by atoms with Crippen LogP contribution in [-0.2, 0) is 16.1 Å². The van der Waals surface area contributed by atoms with Crippen LogP contribution in [0, 0.1) is 6.92 Å². The number of carbonyl (C=O) groups excluding carboxylic acids is 2. The molecule has 0 aromatic heterocycles. The largest absolute Gasteiger partial charge is 0.497 e. The molecule has 0 aliphatic rings. The van der Waals surface area contributed by atoms with Crippen LogP contribution in [0.15, 0.2) is 36.4 Å². The highest BCUT2D eigenvalue weighted by Crippen LogP contribution is 2.23. The van der Waals surface area contributed by atoms with Gasteiger partial charge < -0.3 is 24.4 Å². The van der Waals surface area contributed by atoms with E-state index in [0.29, 0.717) is 17.8 Å². The maximum Gasteiger partial charge on any atom is 0.337 e. The Morgan fingerprint density at radius 3 is 2.43 bits per heavy atom. The van der Waals surface area contributed by atoms with Gasteiger partial charge in [-0.05, 0) is 36.8 Å². The molecule has 2 aromatic carbocycles. The Bertz CT molecular complexity index is 851. The minimum atomic E-state index is -0.440. The molecule has 0 aliphatic carbocycles. The van der Waals surface area contributed by atoms with Crippen molar-refractivity contribution in [1.29, 1.82) is 0 Å². The van der Waals surface area contributed by atoms with Crippen LogP contribution in [0.4, 0.5) is 5.69 Å². The topological polar surface area (TPSA) is 78.3 Å². The Kier molecular flexibility index (Phi) is 7.40. The number of hydrogen-bond acceptors (Lipinski definition) is 5. The summed E-state index contributed by atoms with van der Waals surface area (Å²) in [5.74, 6) is 0.859. The molecule has 150 valence electrons. The van der Waals surface area contributed by atoms with E-state index in [1.54, 1.807) is 32.4 Å². The number of ether oxygens (including phenoxy) is 3. The van der Waals surface area contributed by atoms with Gasteiger partial charge in [0.1, 0.15) is 18.0 Å². The Labute approximate surface area is 165 Å². The molecule has 0 saturated heterocycles. The van der Waals surface area contributed by atoms with Crippen LogP contribution >= 0.6 is 0 Å². The summed E-state index contributed by atoms with van der Waals surface area (Å²) in [5.41, 5.74) is 2.85. The number of rotatable bonds is 8. The fourth-order valence-corrected chi connectivity index (χ4v) is 2.86. The van der Waals surface area contributed by atoms with E-state index in [-0.39, 0.29) is 12.5 Å². The van der Waals surface area contributed by atoms with E-state index in [9.17, 15) is 9.59 Å². The second-order valence-corrected chi connectivity index (χ2v) is 6.56. The van der Waals surface area contributed by atoms with Crippen molar-refractivity contribution in [2.45, 2.75) is 13.5 Å². The van der Waals surface area contributed by atoms with Crippen molar-refractivity contribution in [1.82, 2.24) is 0 Å². The molecule has 7 nitrogen and oxygen atoms in total. The van der Waals surface area contributed by atoms with Crippen LogP contribution in [0.3, 0.4) is 0 Å². The molecule has 1 amide bonds. The minimum absolute atomic E-state index is 0.143. The van der Waals surface area contributed by atoms with Crippen molar-refractivity contribution in [3.8, 4) is 11.5 Å². The maximum atomic E-state index is 12.5. The average Bonchev–Trinajstić information content (AvgIpc) is 2.69. The van der Waals surface area contributed by atoms with Gasteiger partial charge in [-0.3, -0.25) is 4.79 Å². The van der Waals surface area contributed by atoms with Gasteiger partial charge in [-0.2, -0.15) is 0 Å². The molecule has 7 heteroatoms. The summed E-state index contributed by atoms with van der Waals surface area (Å²) in [6.45, 7) is 2.74. The zero-order valence-electron chi connectivity index (χ0n) is 16.9. The van der Waals surface area contributed by atoms with Crippen molar-refractivity contribution in [2.24, 2.45) is 0 Å². The molecule has 0 spiro atoms. The molecular formula is C21H27N2O5+. The molecule has 2 aromatic rings. The van der Waals surface area contributed by atoms with E-state index < -0.39 is 5.97 Å². The maximum absolute atomic E-state index is 12.5. The highest BCUT2D eigenvalue weighted by Gasteiger charge is 2.16. The molecule has 0 aliphatic heterocycles. The van der Waals surface area contributed by atoms with Gasteiger partial charge in [-0.1, -0.05) is 6.07 Å². The third kappa shape index (κ3) is 5.47. The summed E-state index contributed by atoms with van der Waals surface area (Å²) in [5, 5.41) is 2.87. The van der Waals surface area contributed by atoms with Gasteiger partial charge in [0, 0.05) is 17.3 Å². The fourth-order valence-electron chi connectivity index (χ4n) is 2.86. The lowest BCUT2D eigenvalue weighted by Gasteiger charge is -2.17. The molecule has 2 rings (SSSR count). The van der Waals surface area contributed by atoms with Crippen LogP contribution in [0.2, 0.25) is 0 Å². The predicted molar refractivity (Wildman–Crippen MR) is 106 cm³/mol. The lowest BCUT2D eigenvalue weighted by molar-refractivity contribution is -0.885. The van der Waals surface area contributed by atoms with Crippen molar-refractivity contribution in [3.63, 3.8) is 0 Å². The summed E-state index contributed by atoms with van der Waals surface area (Å²) in [7, 11) is 6.47. The van der Waals surface area contributed by atoms with Gasteiger partial charge in [0.25, 0.3) is 5.91 Å². The normalized spacial score (nSPS) is 11.5. The summed E-state index contributed by atoms with van der Waals surface area (Å²) in [6, 6.07) is 10.7. The first-order valence-corrected chi connectivity index (χ1v) is 8.89. The molecule has 2 N–H and O–H groups in total. The van der Waals surface area contributed by atoms with Crippen molar-refractivity contribution >= 4 is 17.6 Å². The van der Waals surface area contributed by atoms with Crippen LogP contribution < -0.4 is 19.7 Å². The first-order valence-electron chi connectivity index (χ1n) is 8.89. The summed E-state index contributed by atoms with van der Waals surface area (Å²) in [6.07, 6.45) is 0. The van der Waals surface area contributed by atoms with Gasteiger partial charge in [0.2, 0.25) is 0 Å². The quantitative estimate of drug-likeness (QED) is 0.671. The average molecular weight is 387 g/mol.